The molecule has 2 aromatic rings. The molecule has 0 radical (unpaired) electrons. The first-order chi connectivity index (χ1) is 11.0. The number of thiocarbonyl (C=S) groups is 1. The fraction of sp³-hybridized carbons (Fsp3) is 0.222. The maximum atomic E-state index is 5.24. The Bertz CT molecular complexity index is 768. The minimum atomic E-state index is 0.484. The third-order valence-corrected chi connectivity index (χ3v) is 3.58. The average Bonchev–Trinajstić information content (AvgIpc) is 2.56. The number of hydrogen-bond donors (Lipinski definition) is 2. The second-order valence-corrected chi connectivity index (χ2v) is 5.78. The minimum Gasteiger partial charge on any atom is -0.497 e. The highest BCUT2D eigenvalue weighted by atomic mass is 32.1. The van der Waals surface area contributed by atoms with Crippen molar-refractivity contribution in [1.82, 2.24) is 10.7 Å². The van der Waals surface area contributed by atoms with Crippen LogP contribution in [0.3, 0.4) is 0 Å². The van der Waals surface area contributed by atoms with Crippen LogP contribution in [-0.2, 0) is 0 Å². The molecule has 0 aliphatic carbocycles. The van der Waals surface area contributed by atoms with E-state index in [1.807, 2.05) is 38.1 Å². The van der Waals surface area contributed by atoms with Gasteiger partial charge in [-0.05, 0) is 60.6 Å². The summed E-state index contributed by atoms with van der Waals surface area (Å²) in [6.45, 7) is 8.34. The van der Waals surface area contributed by atoms with Gasteiger partial charge in [0.25, 0.3) is 0 Å². The van der Waals surface area contributed by atoms with Gasteiger partial charge in [0.2, 0.25) is 0 Å². The van der Waals surface area contributed by atoms with E-state index in [9.17, 15) is 0 Å². The number of hydrazone groups is 1. The van der Waals surface area contributed by atoms with Crippen molar-refractivity contribution in [2.75, 3.05) is 13.7 Å². The summed E-state index contributed by atoms with van der Waals surface area (Å²) in [6, 6.07) is 12.2. The van der Waals surface area contributed by atoms with Gasteiger partial charge in [0, 0.05) is 6.54 Å². The molecule has 0 saturated carbocycles. The lowest BCUT2D eigenvalue weighted by Crippen LogP contribution is -2.33. The highest BCUT2D eigenvalue weighted by Gasteiger charge is 2.02. The molecule has 120 valence electrons. The number of ether oxygens (including phenoxy) is 1. The molecule has 0 aromatic heterocycles. The second-order valence-electron chi connectivity index (χ2n) is 5.38. The summed E-state index contributed by atoms with van der Waals surface area (Å²) in [4.78, 5) is 0. The molecule has 0 aliphatic rings. The molecule has 0 fully saturated rings. The smallest absolute Gasteiger partial charge is 0.187 e. The zero-order valence-electron chi connectivity index (χ0n) is 13.6. The van der Waals surface area contributed by atoms with E-state index in [1.54, 1.807) is 7.11 Å². The first kappa shape index (κ1) is 17.0. The summed E-state index contributed by atoms with van der Waals surface area (Å²) in [5.74, 6) is 0.853. The van der Waals surface area contributed by atoms with Gasteiger partial charge in [-0.3, -0.25) is 5.43 Å². The summed E-state index contributed by atoms with van der Waals surface area (Å²) in [6.07, 6.45) is 0. The van der Waals surface area contributed by atoms with Crippen LogP contribution in [0.15, 0.2) is 53.7 Å². The lowest BCUT2D eigenvalue weighted by atomic mass is 10.0. The number of hydrogen-bond acceptors (Lipinski definition) is 3. The van der Waals surface area contributed by atoms with E-state index < -0.39 is 0 Å². The molecule has 2 N–H and O–H groups in total. The number of fused-ring (bicyclic) bond motifs is 1. The fourth-order valence-corrected chi connectivity index (χ4v) is 2.16. The molecule has 0 bridgehead atoms. The van der Waals surface area contributed by atoms with Crippen LogP contribution in [0.1, 0.15) is 19.4 Å². The summed E-state index contributed by atoms with van der Waals surface area (Å²) in [7, 11) is 1.67. The summed E-state index contributed by atoms with van der Waals surface area (Å²) < 4.78 is 5.24. The molecule has 2 aromatic carbocycles. The van der Waals surface area contributed by atoms with Crippen molar-refractivity contribution in [2.24, 2.45) is 5.10 Å². The number of methoxy groups -OCH3 is 1. The van der Waals surface area contributed by atoms with Gasteiger partial charge >= 0.3 is 0 Å². The average molecular weight is 327 g/mol. The van der Waals surface area contributed by atoms with Gasteiger partial charge in [-0.1, -0.05) is 30.4 Å². The molecule has 0 heterocycles. The largest absolute Gasteiger partial charge is 0.497 e. The van der Waals surface area contributed by atoms with Crippen LogP contribution < -0.4 is 15.5 Å². The van der Waals surface area contributed by atoms with E-state index in [4.69, 9.17) is 17.0 Å². The molecule has 5 heteroatoms. The topological polar surface area (TPSA) is 45.7 Å². The Morgan fingerprint density at radius 1 is 1.17 bits per heavy atom. The molecule has 4 nitrogen and oxygen atoms in total. The Balaban J connectivity index is 2.11. The van der Waals surface area contributed by atoms with Crippen molar-refractivity contribution in [3.8, 4) is 5.75 Å². The standard InChI is InChI=1S/C18H21N3OS/c1-12(2)11-19-18(23)21-20-13(3)14-5-6-16-10-17(22-4)8-7-15(16)9-14/h5-10H,1,11H2,2-4H3,(H2,19,21,23)/b20-13-. The zero-order chi connectivity index (χ0) is 16.8. The van der Waals surface area contributed by atoms with E-state index in [1.165, 1.54) is 0 Å². The predicted octanol–water partition coefficient (Wildman–Crippen LogP) is 3.61. The Kier molecular flexibility index (Phi) is 5.71. The molecular weight excluding hydrogens is 306 g/mol. The third kappa shape index (κ3) is 4.79. The first-order valence-electron chi connectivity index (χ1n) is 7.30. The van der Waals surface area contributed by atoms with E-state index in [2.05, 4.69) is 34.6 Å². The quantitative estimate of drug-likeness (QED) is 0.381. The molecule has 2 rings (SSSR count). The van der Waals surface area contributed by atoms with Gasteiger partial charge in [0.15, 0.2) is 5.11 Å². The van der Waals surface area contributed by atoms with Crippen molar-refractivity contribution in [2.45, 2.75) is 13.8 Å². The van der Waals surface area contributed by atoms with Crippen LogP contribution in [0, 0.1) is 0 Å². The summed E-state index contributed by atoms with van der Waals surface area (Å²) in [5, 5.41) is 10.1. The Morgan fingerprint density at radius 2 is 1.87 bits per heavy atom. The van der Waals surface area contributed by atoms with Crippen molar-refractivity contribution in [3.63, 3.8) is 0 Å². The summed E-state index contributed by atoms with van der Waals surface area (Å²) in [5.41, 5.74) is 5.77. The lowest BCUT2D eigenvalue weighted by molar-refractivity contribution is 0.415. The minimum absolute atomic E-state index is 0.484. The van der Waals surface area contributed by atoms with Gasteiger partial charge in [0.05, 0.1) is 12.8 Å². The molecule has 0 spiro atoms. The number of benzene rings is 2. The van der Waals surface area contributed by atoms with Gasteiger partial charge in [-0.15, -0.1) is 0 Å². The highest BCUT2D eigenvalue weighted by Crippen LogP contribution is 2.22. The molecule has 0 aliphatic heterocycles. The molecular formula is C18H21N3OS. The fourth-order valence-electron chi connectivity index (χ4n) is 2.05. The van der Waals surface area contributed by atoms with E-state index in [-0.39, 0.29) is 0 Å². The molecule has 23 heavy (non-hydrogen) atoms. The van der Waals surface area contributed by atoms with Crippen LogP contribution >= 0.6 is 12.2 Å². The predicted molar refractivity (Wildman–Crippen MR) is 101 cm³/mol. The second kappa shape index (κ2) is 7.74. The van der Waals surface area contributed by atoms with Gasteiger partial charge < -0.3 is 10.1 Å². The lowest BCUT2D eigenvalue weighted by Gasteiger charge is -2.08. The van der Waals surface area contributed by atoms with E-state index in [0.717, 1.165) is 33.4 Å². The van der Waals surface area contributed by atoms with Crippen molar-refractivity contribution in [3.05, 3.63) is 54.1 Å². The first-order valence-corrected chi connectivity index (χ1v) is 7.71. The van der Waals surface area contributed by atoms with Crippen LogP contribution in [0.2, 0.25) is 0 Å². The molecule has 0 amide bonds. The Morgan fingerprint density at radius 3 is 2.57 bits per heavy atom. The SMILES string of the molecule is C=C(C)CNC(=S)N/N=C(/C)c1ccc2cc(OC)ccc2c1. The maximum Gasteiger partial charge on any atom is 0.187 e. The molecule has 0 saturated heterocycles. The van der Waals surface area contributed by atoms with Gasteiger partial charge in [-0.25, -0.2) is 0 Å². The van der Waals surface area contributed by atoms with Crippen LogP contribution in [0.4, 0.5) is 0 Å². The van der Waals surface area contributed by atoms with Crippen molar-refractivity contribution < 1.29 is 4.74 Å². The Labute approximate surface area is 142 Å². The number of nitrogens with one attached hydrogen (secondary N) is 2. The highest BCUT2D eigenvalue weighted by molar-refractivity contribution is 7.80. The van der Waals surface area contributed by atoms with Crippen LogP contribution in [0.5, 0.6) is 5.75 Å². The monoisotopic (exact) mass is 327 g/mol. The van der Waals surface area contributed by atoms with Gasteiger partial charge in [0.1, 0.15) is 5.75 Å². The number of rotatable bonds is 5. The van der Waals surface area contributed by atoms with Crippen molar-refractivity contribution >= 4 is 33.8 Å². The zero-order valence-corrected chi connectivity index (χ0v) is 14.5. The molecule has 0 unspecified atom stereocenters. The van der Waals surface area contributed by atoms with E-state index >= 15 is 0 Å². The van der Waals surface area contributed by atoms with Crippen LogP contribution in [-0.4, -0.2) is 24.5 Å². The normalized spacial score (nSPS) is 11.2. The molecule has 0 atom stereocenters. The maximum absolute atomic E-state index is 5.24. The number of nitrogens with zero attached hydrogens (tertiary/aromatic N) is 1. The van der Waals surface area contributed by atoms with Gasteiger partial charge in [-0.2, -0.15) is 5.10 Å². The van der Waals surface area contributed by atoms with Crippen molar-refractivity contribution in [1.29, 1.82) is 0 Å². The Hall–Kier alpha value is -2.40. The third-order valence-electron chi connectivity index (χ3n) is 3.34. The van der Waals surface area contributed by atoms with Crippen LogP contribution in [0.25, 0.3) is 10.8 Å². The van der Waals surface area contributed by atoms with E-state index in [0.29, 0.717) is 11.7 Å². The summed E-state index contributed by atoms with van der Waals surface area (Å²) >= 11 is 5.16.